The van der Waals surface area contributed by atoms with Crippen molar-refractivity contribution in [2.45, 2.75) is 19.8 Å². The second-order valence-corrected chi connectivity index (χ2v) is 3.41. The lowest BCUT2D eigenvalue weighted by atomic mass is 10.1. The monoisotopic (exact) mass is 222 g/mol. The van der Waals surface area contributed by atoms with Gasteiger partial charge in [0.15, 0.2) is 0 Å². The van der Waals surface area contributed by atoms with Crippen LogP contribution in [0.5, 0.6) is 0 Å². The molecule has 0 aliphatic heterocycles. The largest absolute Gasteiger partial charge is 0.465 e. The maximum absolute atomic E-state index is 13.5. The number of rotatable bonds is 4. The Morgan fingerprint density at radius 3 is 2.81 bits per heavy atom. The number of allylic oxidation sites excluding steroid dienone is 2. The molecule has 0 aliphatic carbocycles. The zero-order valence-electron chi connectivity index (χ0n) is 9.50. The van der Waals surface area contributed by atoms with Gasteiger partial charge in [0.05, 0.1) is 12.7 Å². The van der Waals surface area contributed by atoms with Crippen LogP contribution in [-0.2, 0) is 11.2 Å². The van der Waals surface area contributed by atoms with Crippen LogP contribution in [0, 0.1) is 5.82 Å². The number of halogens is 1. The summed E-state index contributed by atoms with van der Waals surface area (Å²) in [5, 5.41) is 0. The first-order valence-electron chi connectivity index (χ1n) is 5.17. The Kier molecular flexibility index (Phi) is 4.70. The lowest BCUT2D eigenvalue weighted by Crippen LogP contribution is -2.04. The Bertz CT molecular complexity index is 397. The number of hydrogen-bond donors (Lipinski definition) is 0. The quantitative estimate of drug-likeness (QED) is 0.578. The Balaban J connectivity index is 2.78. The highest BCUT2D eigenvalue weighted by Gasteiger charge is 2.11. The van der Waals surface area contributed by atoms with Gasteiger partial charge in [-0.2, -0.15) is 0 Å². The molecule has 0 fully saturated rings. The van der Waals surface area contributed by atoms with E-state index in [2.05, 4.69) is 4.74 Å². The highest BCUT2D eigenvalue weighted by Crippen LogP contribution is 2.13. The SMILES string of the molecule is C/C=C/CCc1ccc(C(=O)OC)c(F)c1. The smallest absolute Gasteiger partial charge is 0.340 e. The zero-order chi connectivity index (χ0) is 12.0. The second kappa shape index (κ2) is 6.05. The van der Waals surface area contributed by atoms with Gasteiger partial charge in [0.25, 0.3) is 0 Å². The van der Waals surface area contributed by atoms with Crippen LogP contribution in [0.2, 0.25) is 0 Å². The zero-order valence-corrected chi connectivity index (χ0v) is 9.50. The third-order valence-electron chi connectivity index (χ3n) is 2.27. The first-order valence-corrected chi connectivity index (χ1v) is 5.17. The van der Waals surface area contributed by atoms with Crippen LogP contribution in [0.1, 0.15) is 29.3 Å². The van der Waals surface area contributed by atoms with Crippen molar-refractivity contribution < 1.29 is 13.9 Å². The molecular formula is C13H15FO2. The van der Waals surface area contributed by atoms with Crippen molar-refractivity contribution >= 4 is 5.97 Å². The van der Waals surface area contributed by atoms with Gasteiger partial charge >= 0.3 is 5.97 Å². The standard InChI is InChI=1S/C13H15FO2/c1-3-4-5-6-10-7-8-11(12(14)9-10)13(15)16-2/h3-4,7-9H,5-6H2,1-2H3/b4-3+. The van der Waals surface area contributed by atoms with E-state index < -0.39 is 11.8 Å². The number of ether oxygens (including phenoxy) is 1. The maximum Gasteiger partial charge on any atom is 0.340 e. The van der Waals surface area contributed by atoms with Gasteiger partial charge in [-0.1, -0.05) is 18.2 Å². The average molecular weight is 222 g/mol. The predicted octanol–water partition coefficient (Wildman–Crippen LogP) is 3.12. The highest BCUT2D eigenvalue weighted by atomic mass is 19.1. The van der Waals surface area contributed by atoms with Gasteiger partial charge in [-0.15, -0.1) is 0 Å². The normalized spacial score (nSPS) is 10.7. The molecule has 0 amide bonds. The van der Waals surface area contributed by atoms with E-state index in [-0.39, 0.29) is 5.56 Å². The number of carbonyl (C=O) groups is 1. The van der Waals surface area contributed by atoms with Gasteiger partial charge in [-0.05, 0) is 37.5 Å². The number of carbonyl (C=O) groups excluding carboxylic acids is 1. The molecule has 2 nitrogen and oxygen atoms in total. The van der Waals surface area contributed by atoms with Crippen LogP contribution in [-0.4, -0.2) is 13.1 Å². The van der Waals surface area contributed by atoms with E-state index in [9.17, 15) is 9.18 Å². The van der Waals surface area contributed by atoms with Crippen molar-refractivity contribution in [3.63, 3.8) is 0 Å². The van der Waals surface area contributed by atoms with Gasteiger partial charge in [0.2, 0.25) is 0 Å². The summed E-state index contributed by atoms with van der Waals surface area (Å²) in [4.78, 5) is 11.1. The van der Waals surface area contributed by atoms with E-state index in [1.54, 1.807) is 6.07 Å². The minimum Gasteiger partial charge on any atom is -0.465 e. The van der Waals surface area contributed by atoms with Gasteiger partial charge in [-0.3, -0.25) is 0 Å². The lowest BCUT2D eigenvalue weighted by Gasteiger charge is -2.03. The lowest BCUT2D eigenvalue weighted by molar-refractivity contribution is 0.0595. The van der Waals surface area contributed by atoms with Crippen LogP contribution < -0.4 is 0 Å². The molecule has 0 radical (unpaired) electrons. The molecule has 0 bridgehead atoms. The van der Waals surface area contributed by atoms with E-state index in [4.69, 9.17) is 0 Å². The average Bonchev–Trinajstić information content (AvgIpc) is 2.29. The molecule has 0 aliphatic rings. The third kappa shape index (κ3) is 3.19. The fourth-order valence-corrected chi connectivity index (χ4v) is 1.41. The van der Waals surface area contributed by atoms with Crippen molar-refractivity contribution in [1.82, 2.24) is 0 Å². The fourth-order valence-electron chi connectivity index (χ4n) is 1.41. The summed E-state index contributed by atoms with van der Waals surface area (Å²) < 4.78 is 17.9. The molecule has 0 N–H and O–H groups in total. The molecule has 1 aromatic rings. The van der Waals surface area contributed by atoms with E-state index in [1.807, 2.05) is 19.1 Å². The van der Waals surface area contributed by atoms with Crippen LogP contribution in [0.4, 0.5) is 4.39 Å². The van der Waals surface area contributed by atoms with E-state index in [0.717, 1.165) is 18.4 Å². The minimum atomic E-state index is -0.641. The summed E-state index contributed by atoms with van der Waals surface area (Å²) in [6.07, 6.45) is 5.61. The summed E-state index contributed by atoms with van der Waals surface area (Å²) in [5.74, 6) is -1.16. The molecule has 0 atom stereocenters. The van der Waals surface area contributed by atoms with Crippen molar-refractivity contribution in [3.8, 4) is 0 Å². The van der Waals surface area contributed by atoms with Crippen molar-refractivity contribution in [1.29, 1.82) is 0 Å². The molecule has 0 saturated heterocycles. The Morgan fingerprint density at radius 1 is 1.50 bits per heavy atom. The van der Waals surface area contributed by atoms with E-state index in [1.165, 1.54) is 19.2 Å². The molecule has 3 heteroatoms. The highest BCUT2D eigenvalue weighted by molar-refractivity contribution is 5.89. The van der Waals surface area contributed by atoms with Crippen molar-refractivity contribution in [2.24, 2.45) is 0 Å². The first kappa shape index (κ1) is 12.4. The van der Waals surface area contributed by atoms with Crippen LogP contribution in [0.15, 0.2) is 30.4 Å². The molecule has 0 heterocycles. The van der Waals surface area contributed by atoms with Gasteiger partial charge < -0.3 is 4.74 Å². The summed E-state index contributed by atoms with van der Waals surface area (Å²) in [6, 6.07) is 4.60. The minimum absolute atomic E-state index is 0.0164. The molecule has 0 unspecified atom stereocenters. The third-order valence-corrected chi connectivity index (χ3v) is 2.27. The number of esters is 1. The summed E-state index contributed by atoms with van der Waals surface area (Å²) in [7, 11) is 1.24. The Morgan fingerprint density at radius 2 is 2.25 bits per heavy atom. The van der Waals surface area contributed by atoms with Crippen LogP contribution >= 0.6 is 0 Å². The van der Waals surface area contributed by atoms with Crippen LogP contribution in [0.3, 0.4) is 0 Å². The molecule has 16 heavy (non-hydrogen) atoms. The maximum atomic E-state index is 13.5. The van der Waals surface area contributed by atoms with Gasteiger partial charge in [-0.25, -0.2) is 9.18 Å². The molecular weight excluding hydrogens is 207 g/mol. The Hall–Kier alpha value is -1.64. The molecule has 0 saturated carbocycles. The number of benzene rings is 1. The molecule has 1 aromatic carbocycles. The summed E-state index contributed by atoms with van der Waals surface area (Å²) in [5.41, 5.74) is 0.862. The van der Waals surface area contributed by atoms with Gasteiger partial charge in [0, 0.05) is 0 Å². The second-order valence-electron chi connectivity index (χ2n) is 3.41. The summed E-state index contributed by atoms with van der Waals surface area (Å²) in [6.45, 7) is 1.95. The number of aryl methyl sites for hydroxylation is 1. The topological polar surface area (TPSA) is 26.3 Å². The molecule has 0 spiro atoms. The van der Waals surface area contributed by atoms with E-state index in [0.29, 0.717) is 0 Å². The van der Waals surface area contributed by atoms with Crippen molar-refractivity contribution in [3.05, 3.63) is 47.3 Å². The summed E-state index contributed by atoms with van der Waals surface area (Å²) >= 11 is 0. The van der Waals surface area contributed by atoms with E-state index >= 15 is 0 Å². The first-order chi connectivity index (χ1) is 7.69. The van der Waals surface area contributed by atoms with Crippen LogP contribution in [0.25, 0.3) is 0 Å². The Labute approximate surface area is 94.7 Å². The molecule has 86 valence electrons. The van der Waals surface area contributed by atoms with Crippen molar-refractivity contribution in [2.75, 3.05) is 7.11 Å². The number of methoxy groups -OCH3 is 1. The predicted molar refractivity (Wildman–Crippen MR) is 60.9 cm³/mol. The molecule has 1 rings (SSSR count). The molecule has 0 aromatic heterocycles. The number of hydrogen-bond acceptors (Lipinski definition) is 2. The fraction of sp³-hybridized carbons (Fsp3) is 0.308. The van der Waals surface area contributed by atoms with Gasteiger partial charge in [0.1, 0.15) is 5.82 Å².